The molecule has 202 valence electrons. The van der Waals surface area contributed by atoms with Crippen molar-refractivity contribution in [1.82, 2.24) is 10.2 Å². The number of hydrogen-bond donors (Lipinski definition) is 3. The number of likely N-dealkylation sites (tertiary alicyclic amines) is 1. The molecule has 0 spiro atoms. The Kier molecular flexibility index (Phi) is 7.12. The van der Waals surface area contributed by atoms with Gasteiger partial charge in [0.25, 0.3) is 0 Å². The number of benzene rings is 3. The molecule has 5 rings (SSSR count). The molecule has 3 N–H and O–H groups in total. The fraction of sp³-hybridized carbons (Fsp3) is 0.300. The van der Waals surface area contributed by atoms with Gasteiger partial charge in [-0.1, -0.05) is 72.8 Å². The van der Waals surface area contributed by atoms with Crippen molar-refractivity contribution in [2.75, 3.05) is 7.11 Å². The van der Waals surface area contributed by atoms with E-state index in [2.05, 4.69) is 5.32 Å². The van der Waals surface area contributed by atoms with Gasteiger partial charge >= 0.3 is 5.97 Å². The van der Waals surface area contributed by atoms with Gasteiger partial charge in [0.05, 0.1) is 31.6 Å². The van der Waals surface area contributed by atoms with Gasteiger partial charge in [-0.25, -0.2) is 0 Å². The summed E-state index contributed by atoms with van der Waals surface area (Å²) in [5, 5.41) is 24.2. The second-order valence-electron chi connectivity index (χ2n) is 9.88. The molecule has 0 aromatic heterocycles. The molecule has 2 aliphatic rings. The van der Waals surface area contributed by atoms with Crippen LogP contribution in [0.2, 0.25) is 0 Å². The standard InChI is InChI=1S/C30H30N2O7/c1-18(33)30(29(36)37)24-23(27(34)32(28(24)35)16-19-10-5-3-6-11-19)25(31-30)21-14-9-15-22(38-2)26(21)39-17-20-12-7-4-8-13-20/h3-15,18,23-25,31,33H,16-17H2,1-2H3,(H,36,37). The minimum absolute atomic E-state index is 0.00318. The number of aliphatic carboxylic acids is 1. The van der Waals surface area contributed by atoms with E-state index >= 15 is 0 Å². The summed E-state index contributed by atoms with van der Waals surface area (Å²) in [5.74, 6) is -4.25. The molecule has 2 saturated heterocycles. The third-order valence-corrected chi connectivity index (χ3v) is 7.67. The van der Waals surface area contributed by atoms with Gasteiger partial charge in [-0.3, -0.25) is 24.6 Å². The Morgan fingerprint density at radius 1 is 0.974 bits per heavy atom. The van der Waals surface area contributed by atoms with E-state index in [1.165, 1.54) is 14.0 Å². The number of carbonyl (C=O) groups excluding carboxylic acids is 2. The van der Waals surface area contributed by atoms with E-state index in [0.717, 1.165) is 16.0 Å². The maximum Gasteiger partial charge on any atom is 0.327 e. The third-order valence-electron chi connectivity index (χ3n) is 7.67. The Hall–Kier alpha value is -4.21. The van der Waals surface area contributed by atoms with Gasteiger partial charge in [0, 0.05) is 11.6 Å². The minimum Gasteiger partial charge on any atom is -0.493 e. The normalized spacial score (nSPS) is 24.9. The zero-order chi connectivity index (χ0) is 27.7. The first-order valence-corrected chi connectivity index (χ1v) is 12.7. The summed E-state index contributed by atoms with van der Waals surface area (Å²) in [5.41, 5.74) is 0.00568. The number of carbonyl (C=O) groups is 3. The van der Waals surface area contributed by atoms with Crippen LogP contribution in [0, 0.1) is 11.8 Å². The van der Waals surface area contributed by atoms with Gasteiger partial charge in [0.2, 0.25) is 11.8 Å². The number of imide groups is 1. The number of methoxy groups -OCH3 is 1. The quantitative estimate of drug-likeness (QED) is 0.361. The molecule has 5 atom stereocenters. The van der Waals surface area contributed by atoms with Crippen LogP contribution in [-0.4, -0.2) is 51.6 Å². The maximum atomic E-state index is 13.9. The van der Waals surface area contributed by atoms with Crippen LogP contribution in [-0.2, 0) is 27.5 Å². The first-order chi connectivity index (χ1) is 18.8. The van der Waals surface area contributed by atoms with Gasteiger partial charge in [0.15, 0.2) is 17.0 Å². The number of nitrogens with one attached hydrogen (secondary N) is 1. The smallest absolute Gasteiger partial charge is 0.327 e. The molecule has 2 aliphatic heterocycles. The minimum atomic E-state index is -2.09. The van der Waals surface area contributed by atoms with Crippen LogP contribution in [0.5, 0.6) is 11.5 Å². The Labute approximate surface area is 226 Å². The van der Waals surface area contributed by atoms with Crippen LogP contribution in [0.1, 0.15) is 29.7 Å². The molecule has 0 aliphatic carbocycles. The number of ether oxygens (including phenoxy) is 2. The van der Waals surface area contributed by atoms with Crippen LogP contribution >= 0.6 is 0 Å². The van der Waals surface area contributed by atoms with Crippen molar-refractivity contribution >= 4 is 17.8 Å². The number of aliphatic hydroxyl groups is 1. The number of aliphatic hydroxyl groups excluding tert-OH is 1. The number of nitrogens with zero attached hydrogens (tertiary/aromatic N) is 1. The molecule has 39 heavy (non-hydrogen) atoms. The lowest BCUT2D eigenvalue weighted by molar-refractivity contribution is -0.157. The van der Waals surface area contributed by atoms with Gasteiger partial charge in [0.1, 0.15) is 6.61 Å². The molecule has 0 saturated carbocycles. The largest absolute Gasteiger partial charge is 0.493 e. The summed E-state index contributed by atoms with van der Waals surface area (Å²) in [6, 6.07) is 22.7. The molecular weight excluding hydrogens is 500 g/mol. The van der Waals surface area contributed by atoms with Crippen molar-refractivity contribution in [2.45, 2.75) is 37.8 Å². The maximum absolute atomic E-state index is 13.9. The number of carboxylic acids is 1. The molecule has 2 heterocycles. The van der Waals surface area contributed by atoms with Crippen LogP contribution < -0.4 is 14.8 Å². The summed E-state index contributed by atoms with van der Waals surface area (Å²) in [4.78, 5) is 41.5. The average molecular weight is 531 g/mol. The van der Waals surface area contributed by atoms with Gasteiger partial charge in [-0.05, 0) is 24.1 Å². The van der Waals surface area contributed by atoms with E-state index in [1.807, 2.05) is 36.4 Å². The summed E-state index contributed by atoms with van der Waals surface area (Å²) in [6.45, 7) is 1.52. The van der Waals surface area contributed by atoms with Crippen molar-refractivity contribution in [2.24, 2.45) is 11.8 Å². The van der Waals surface area contributed by atoms with Gasteiger partial charge < -0.3 is 19.7 Å². The highest BCUT2D eigenvalue weighted by Crippen LogP contribution is 2.53. The topological polar surface area (TPSA) is 125 Å². The molecule has 0 radical (unpaired) electrons. The summed E-state index contributed by atoms with van der Waals surface area (Å²) in [7, 11) is 1.49. The highest BCUT2D eigenvalue weighted by atomic mass is 16.5. The predicted molar refractivity (Wildman–Crippen MR) is 141 cm³/mol. The third kappa shape index (κ3) is 4.43. The number of amides is 2. The van der Waals surface area contributed by atoms with E-state index in [4.69, 9.17) is 9.47 Å². The van der Waals surface area contributed by atoms with Crippen molar-refractivity contribution < 1.29 is 34.1 Å². The lowest BCUT2D eigenvalue weighted by atomic mass is 9.76. The highest BCUT2D eigenvalue weighted by molar-refractivity contribution is 6.09. The predicted octanol–water partition coefficient (Wildman–Crippen LogP) is 2.92. The van der Waals surface area contributed by atoms with Crippen molar-refractivity contribution in [3.63, 3.8) is 0 Å². The Morgan fingerprint density at radius 3 is 2.21 bits per heavy atom. The lowest BCUT2D eigenvalue weighted by Gasteiger charge is -2.33. The van der Waals surface area contributed by atoms with Crippen LogP contribution in [0.25, 0.3) is 0 Å². The Bertz CT molecular complexity index is 1380. The second-order valence-corrected chi connectivity index (χ2v) is 9.88. The highest BCUT2D eigenvalue weighted by Gasteiger charge is 2.70. The second kappa shape index (κ2) is 10.5. The molecule has 2 fully saturated rings. The molecular formula is C30H30N2O7. The lowest BCUT2D eigenvalue weighted by Crippen LogP contribution is -2.62. The van der Waals surface area contributed by atoms with E-state index in [-0.39, 0.29) is 13.2 Å². The van der Waals surface area contributed by atoms with E-state index in [0.29, 0.717) is 17.1 Å². The molecule has 3 aromatic rings. The van der Waals surface area contributed by atoms with Gasteiger partial charge in [-0.15, -0.1) is 0 Å². The summed E-state index contributed by atoms with van der Waals surface area (Å²) >= 11 is 0. The van der Waals surface area contributed by atoms with E-state index in [1.54, 1.807) is 42.5 Å². The Balaban J connectivity index is 1.59. The zero-order valence-corrected chi connectivity index (χ0v) is 21.6. The molecule has 9 heteroatoms. The van der Waals surface area contributed by atoms with Gasteiger partial charge in [-0.2, -0.15) is 0 Å². The fourth-order valence-corrected chi connectivity index (χ4v) is 5.77. The monoisotopic (exact) mass is 530 g/mol. The molecule has 9 nitrogen and oxygen atoms in total. The van der Waals surface area contributed by atoms with Crippen molar-refractivity contribution in [3.8, 4) is 11.5 Å². The van der Waals surface area contributed by atoms with E-state index in [9.17, 15) is 24.6 Å². The van der Waals surface area contributed by atoms with Crippen LogP contribution in [0.4, 0.5) is 0 Å². The van der Waals surface area contributed by atoms with Crippen LogP contribution in [0.15, 0.2) is 78.9 Å². The van der Waals surface area contributed by atoms with Crippen LogP contribution in [0.3, 0.4) is 0 Å². The Morgan fingerprint density at radius 2 is 1.62 bits per heavy atom. The number of fused-ring (bicyclic) bond motifs is 1. The number of carboxylic acid groups (broad SMARTS) is 1. The van der Waals surface area contributed by atoms with E-state index < -0.39 is 47.3 Å². The number of rotatable bonds is 9. The number of para-hydroxylation sites is 1. The SMILES string of the molecule is COc1cccc(C2NC(C(=O)O)(C(C)O)C3C(=O)N(Cc4ccccc4)C(=O)C23)c1OCc1ccccc1. The fourth-order valence-electron chi connectivity index (χ4n) is 5.77. The molecule has 2 amide bonds. The first-order valence-electron chi connectivity index (χ1n) is 12.7. The molecule has 5 unspecified atom stereocenters. The summed E-state index contributed by atoms with van der Waals surface area (Å²) in [6.07, 6.45) is -1.49. The summed E-state index contributed by atoms with van der Waals surface area (Å²) < 4.78 is 11.8. The first kappa shape index (κ1) is 26.4. The zero-order valence-electron chi connectivity index (χ0n) is 21.6. The van der Waals surface area contributed by atoms with Crippen molar-refractivity contribution in [3.05, 3.63) is 95.6 Å². The molecule has 0 bridgehead atoms. The van der Waals surface area contributed by atoms with Crippen molar-refractivity contribution in [1.29, 1.82) is 0 Å². The molecule has 3 aromatic carbocycles. The number of hydrogen-bond acceptors (Lipinski definition) is 7. The average Bonchev–Trinajstić information content (AvgIpc) is 3.43.